The fraction of sp³-hybridized carbons (Fsp3) is 0.182. The van der Waals surface area contributed by atoms with Gasteiger partial charge in [-0.1, -0.05) is 11.6 Å². The van der Waals surface area contributed by atoms with Gasteiger partial charge in [0.1, 0.15) is 5.15 Å². The number of hydrogen-bond donors (Lipinski definition) is 0. The van der Waals surface area contributed by atoms with Gasteiger partial charge < -0.3 is 4.74 Å². The molecule has 0 aliphatic rings. The summed E-state index contributed by atoms with van der Waals surface area (Å²) in [6.07, 6.45) is 3.37. The van der Waals surface area contributed by atoms with Crippen molar-refractivity contribution < 1.29 is 4.74 Å². The van der Waals surface area contributed by atoms with Gasteiger partial charge in [-0.2, -0.15) is 0 Å². The monoisotopic (exact) mass is 313 g/mol. The average Bonchev–Trinajstić information content (AvgIpc) is 2.36. The highest BCUT2D eigenvalue weighted by molar-refractivity contribution is 9.10. The molecule has 4 nitrogen and oxygen atoms in total. The minimum Gasteiger partial charge on any atom is -0.378 e. The van der Waals surface area contributed by atoms with Gasteiger partial charge in [0, 0.05) is 25.1 Å². The van der Waals surface area contributed by atoms with E-state index in [0.29, 0.717) is 22.1 Å². The van der Waals surface area contributed by atoms with Crippen molar-refractivity contribution in [2.75, 3.05) is 7.11 Å². The Morgan fingerprint density at radius 3 is 2.65 bits per heavy atom. The van der Waals surface area contributed by atoms with Crippen molar-refractivity contribution in [1.29, 1.82) is 0 Å². The van der Waals surface area contributed by atoms with Crippen LogP contribution in [0.4, 0.5) is 0 Å². The van der Waals surface area contributed by atoms with Crippen molar-refractivity contribution in [3.8, 4) is 11.4 Å². The summed E-state index contributed by atoms with van der Waals surface area (Å²) in [6.45, 7) is 0.376. The van der Waals surface area contributed by atoms with E-state index in [1.54, 1.807) is 19.5 Å². The van der Waals surface area contributed by atoms with Crippen LogP contribution in [-0.2, 0) is 11.3 Å². The van der Waals surface area contributed by atoms with Crippen LogP contribution in [0.1, 0.15) is 5.69 Å². The minimum atomic E-state index is 0.374. The number of aromatic nitrogens is 3. The van der Waals surface area contributed by atoms with Crippen LogP contribution in [-0.4, -0.2) is 22.1 Å². The summed E-state index contributed by atoms with van der Waals surface area (Å²) < 4.78 is 5.73. The molecule has 0 spiro atoms. The Balaban J connectivity index is 2.49. The zero-order valence-electron chi connectivity index (χ0n) is 9.02. The molecule has 2 rings (SSSR count). The Morgan fingerprint density at radius 1 is 1.29 bits per heavy atom. The highest BCUT2D eigenvalue weighted by Crippen LogP contribution is 2.27. The van der Waals surface area contributed by atoms with Gasteiger partial charge in [-0.05, 0) is 28.1 Å². The first-order chi connectivity index (χ1) is 8.22. The first kappa shape index (κ1) is 12.4. The second-order valence-electron chi connectivity index (χ2n) is 3.27. The molecule has 0 N–H and O–H groups in total. The molecule has 0 atom stereocenters. The third-order valence-electron chi connectivity index (χ3n) is 2.10. The highest BCUT2D eigenvalue weighted by Gasteiger charge is 2.11. The zero-order chi connectivity index (χ0) is 12.3. The molecule has 2 aromatic heterocycles. The van der Waals surface area contributed by atoms with Gasteiger partial charge >= 0.3 is 0 Å². The molecule has 2 aromatic rings. The smallest absolute Gasteiger partial charge is 0.161 e. The van der Waals surface area contributed by atoms with Crippen LogP contribution in [0.15, 0.2) is 29.0 Å². The van der Waals surface area contributed by atoms with E-state index in [-0.39, 0.29) is 0 Å². The fourth-order valence-electron chi connectivity index (χ4n) is 1.33. The Bertz CT molecular complexity index is 522. The molecule has 0 unspecified atom stereocenters. The van der Waals surface area contributed by atoms with Crippen molar-refractivity contribution >= 4 is 27.5 Å². The third kappa shape index (κ3) is 2.80. The van der Waals surface area contributed by atoms with Crippen LogP contribution in [0.2, 0.25) is 5.15 Å². The van der Waals surface area contributed by atoms with Crippen LogP contribution in [0.25, 0.3) is 11.4 Å². The molecule has 0 saturated heterocycles. The Morgan fingerprint density at radius 2 is 2.00 bits per heavy atom. The predicted octanol–water partition coefficient (Wildman–Crippen LogP) is 3.10. The van der Waals surface area contributed by atoms with Gasteiger partial charge in [-0.15, -0.1) is 0 Å². The van der Waals surface area contributed by atoms with Crippen molar-refractivity contribution in [1.82, 2.24) is 15.0 Å². The first-order valence-electron chi connectivity index (χ1n) is 4.83. The van der Waals surface area contributed by atoms with Crippen molar-refractivity contribution in [2.45, 2.75) is 6.61 Å². The van der Waals surface area contributed by atoms with Crippen LogP contribution in [0.5, 0.6) is 0 Å². The zero-order valence-corrected chi connectivity index (χ0v) is 11.4. The lowest BCUT2D eigenvalue weighted by Gasteiger charge is -2.07. The van der Waals surface area contributed by atoms with E-state index >= 15 is 0 Å². The number of rotatable bonds is 3. The molecule has 0 amide bonds. The number of pyridine rings is 1. The van der Waals surface area contributed by atoms with E-state index in [1.165, 1.54) is 0 Å². The molecule has 0 aromatic carbocycles. The summed E-state index contributed by atoms with van der Waals surface area (Å²) in [4.78, 5) is 12.6. The molecule has 0 saturated carbocycles. The topological polar surface area (TPSA) is 47.9 Å². The quantitative estimate of drug-likeness (QED) is 0.817. The minimum absolute atomic E-state index is 0.374. The van der Waals surface area contributed by atoms with E-state index in [0.717, 1.165) is 11.3 Å². The van der Waals surface area contributed by atoms with Crippen molar-refractivity contribution in [2.24, 2.45) is 0 Å². The Hall–Kier alpha value is -1.04. The summed E-state index contributed by atoms with van der Waals surface area (Å²) in [5, 5.41) is 0.374. The number of nitrogens with zero attached hydrogens (tertiary/aromatic N) is 3. The molecular weight excluding hydrogens is 305 g/mol. The van der Waals surface area contributed by atoms with Gasteiger partial charge in [0.05, 0.1) is 16.8 Å². The number of ether oxygens (including phenoxy) is 1. The Kier molecular flexibility index (Phi) is 4.04. The number of hydrogen-bond acceptors (Lipinski definition) is 4. The molecule has 6 heteroatoms. The molecule has 0 bridgehead atoms. The van der Waals surface area contributed by atoms with Crippen LogP contribution in [0.3, 0.4) is 0 Å². The lowest BCUT2D eigenvalue weighted by atomic mass is 10.2. The summed E-state index contributed by atoms with van der Waals surface area (Å²) in [6, 6.07) is 3.66. The summed E-state index contributed by atoms with van der Waals surface area (Å²) in [5.74, 6) is 0.563. The molecule has 17 heavy (non-hydrogen) atoms. The van der Waals surface area contributed by atoms with Gasteiger partial charge in [-0.3, -0.25) is 4.98 Å². The van der Waals surface area contributed by atoms with Crippen molar-refractivity contribution in [3.05, 3.63) is 39.8 Å². The van der Waals surface area contributed by atoms with Crippen LogP contribution >= 0.6 is 27.5 Å². The normalized spacial score (nSPS) is 10.5. The molecule has 88 valence electrons. The molecule has 2 heterocycles. The maximum atomic E-state index is 6.04. The summed E-state index contributed by atoms with van der Waals surface area (Å²) in [7, 11) is 1.61. The molecule has 0 radical (unpaired) electrons. The first-order valence-corrected chi connectivity index (χ1v) is 6.00. The number of halogens is 2. The Labute approximate surface area is 112 Å². The summed E-state index contributed by atoms with van der Waals surface area (Å²) >= 11 is 9.37. The molecule has 0 aliphatic heterocycles. The van der Waals surface area contributed by atoms with Gasteiger partial charge in [-0.25, -0.2) is 9.97 Å². The van der Waals surface area contributed by atoms with Crippen LogP contribution in [0, 0.1) is 0 Å². The van der Waals surface area contributed by atoms with E-state index in [4.69, 9.17) is 16.3 Å². The maximum absolute atomic E-state index is 6.04. The second-order valence-corrected chi connectivity index (χ2v) is 4.42. The maximum Gasteiger partial charge on any atom is 0.161 e. The third-order valence-corrected chi connectivity index (χ3v) is 3.43. The van der Waals surface area contributed by atoms with E-state index in [2.05, 4.69) is 30.9 Å². The van der Waals surface area contributed by atoms with Gasteiger partial charge in [0.2, 0.25) is 0 Å². The molecule has 0 fully saturated rings. The van der Waals surface area contributed by atoms with Gasteiger partial charge in [0.25, 0.3) is 0 Å². The average molecular weight is 315 g/mol. The second kappa shape index (κ2) is 5.53. The largest absolute Gasteiger partial charge is 0.378 e. The predicted molar refractivity (Wildman–Crippen MR) is 68.7 cm³/mol. The van der Waals surface area contributed by atoms with Crippen LogP contribution < -0.4 is 0 Å². The van der Waals surface area contributed by atoms with Gasteiger partial charge in [0.15, 0.2) is 5.82 Å². The highest BCUT2D eigenvalue weighted by atomic mass is 79.9. The molecule has 0 aliphatic carbocycles. The SMILES string of the molecule is COCc1nc(-c2ccncc2)nc(Cl)c1Br. The lowest BCUT2D eigenvalue weighted by Crippen LogP contribution is -2.00. The molecular formula is C11H9BrClN3O. The fourth-order valence-corrected chi connectivity index (χ4v) is 1.81. The van der Waals surface area contributed by atoms with E-state index in [1.807, 2.05) is 12.1 Å². The summed E-state index contributed by atoms with van der Waals surface area (Å²) in [5.41, 5.74) is 1.59. The van der Waals surface area contributed by atoms with Crippen molar-refractivity contribution in [3.63, 3.8) is 0 Å². The van der Waals surface area contributed by atoms with E-state index in [9.17, 15) is 0 Å². The van der Waals surface area contributed by atoms with E-state index < -0.39 is 0 Å². The number of methoxy groups -OCH3 is 1. The lowest BCUT2D eigenvalue weighted by molar-refractivity contribution is 0.181. The standard InChI is InChI=1S/C11H9BrClN3O/c1-17-6-8-9(12)10(13)16-11(15-8)7-2-4-14-5-3-7/h2-5H,6H2,1H3.